The Morgan fingerprint density at radius 2 is 1.36 bits per heavy atom. The SMILES string of the molecule is CCNC1=CCCc2c1ccc1c2CCc2ccccc2-1.NC(=O)c1ccccc1C(N)=O. The van der Waals surface area contributed by atoms with E-state index in [0.717, 1.165) is 13.0 Å². The number of primary amides is 2. The smallest absolute Gasteiger partial charge is 0.249 e. The van der Waals surface area contributed by atoms with Crippen LogP contribution in [-0.4, -0.2) is 18.4 Å². The van der Waals surface area contributed by atoms with Gasteiger partial charge in [0.2, 0.25) is 11.8 Å². The molecule has 2 aliphatic rings. The van der Waals surface area contributed by atoms with Gasteiger partial charge in [0.15, 0.2) is 0 Å². The van der Waals surface area contributed by atoms with Crippen molar-refractivity contribution in [3.63, 3.8) is 0 Å². The fourth-order valence-corrected chi connectivity index (χ4v) is 4.77. The van der Waals surface area contributed by atoms with Crippen molar-refractivity contribution in [2.24, 2.45) is 11.5 Å². The number of nitrogens with two attached hydrogens (primary N) is 2. The average Bonchev–Trinajstić information content (AvgIpc) is 2.84. The maximum Gasteiger partial charge on any atom is 0.249 e. The number of benzene rings is 3. The third kappa shape index (κ3) is 4.53. The zero-order valence-corrected chi connectivity index (χ0v) is 18.9. The molecule has 0 spiro atoms. The Labute approximate surface area is 194 Å². The molecule has 0 fully saturated rings. The Balaban J connectivity index is 0.000000185. The highest BCUT2D eigenvalue weighted by atomic mass is 16.2. The van der Waals surface area contributed by atoms with Crippen molar-refractivity contribution >= 4 is 17.5 Å². The van der Waals surface area contributed by atoms with Crippen LogP contribution in [0, 0.1) is 0 Å². The Morgan fingerprint density at radius 3 is 2.03 bits per heavy atom. The van der Waals surface area contributed by atoms with Crippen molar-refractivity contribution in [1.29, 1.82) is 0 Å². The summed E-state index contributed by atoms with van der Waals surface area (Å²) in [6, 6.07) is 19.7. The first kappa shape index (κ1) is 22.3. The minimum Gasteiger partial charge on any atom is -0.385 e. The first-order chi connectivity index (χ1) is 16.0. The van der Waals surface area contributed by atoms with Crippen LogP contribution in [0.4, 0.5) is 0 Å². The van der Waals surface area contributed by atoms with Crippen molar-refractivity contribution in [3.05, 3.63) is 100 Å². The van der Waals surface area contributed by atoms with Crippen molar-refractivity contribution in [3.8, 4) is 11.1 Å². The summed E-state index contributed by atoms with van der Waals surface area (Å²) in [6.07, 6.45) is 7.08. The highest BCUT2D eigenvalue weighted by Gasteiger charge is 2.22. The summed E-state index contributed by atoms with van der Waals surface area (Å²) in [7, 11) is 0. The van der Waals surface area contributed by atoms with Crippen LogP contribution in [0.1, 0.15) is 56.3 Å². The molecule has 0 saturated carbocycles. The lowest BCUT2D eigenvalue weighted by atomic mass is 9.79. The van der Waals surface area contributed by atoms with Crippen molar-refractivity contribution in [1.82, 2.24) is 5.32 Å². The summed E-state index contributed by atoms with van der Waals surface area (Å²) in [4.78, 5) is 21.5. The average molecular weight is 440 g/mol. The molecule has 0 heterocycles. The molecule has 5 heteroatoms. The van der Waals surface area contributed by atoms with E-state index in [1.807, 2.05) is 0 Å². The normalized spacial score (nSPS) is 13.3. The number of hydrogen-bond acceptors (Lipinski definition) is 3. The number of rotatable bonds is 4. The Kier molecular flexibility index (Phi) is 6.59. The van der Waals surface area contributed by atoms with E-state index in [4.69, 9.17) is 11.5 Å². The van der Waals surface area contributed by atoms with E-state index in [-0.39, 0.29) is 11.1 Å². The lowest BCUT2D eigenvalue weighted by Crippen LogP contribution is -2.20. The number of carbonyl (C=O) groups is 2. The van der Waals surface area contributed by atoms with E-state index in [2.05, 4.69) is 54.7 Å². The van der Waals surface area contributed by atoms with Crippen molar-refractivity contribution < 1.29 is 9.59 Å². The molecular formula is C28H29N3O2. The van der Waals surface area contributed by atoms with Gasteiger partial charge in [0.1, 0.15) is 0 Å². The number of amides is 2. The first-order valence-corrected chi connectivity index (χ1v) is 11.4. The van der Waals surface area contributed by atoms with Crippen molar-refractivity contribution in [2.45, 2.75) is 32.6 Å². The summed E-state index contributed by atoms with van der Waals surface area (Å²) < 4.78 is 0. The number of allylic oxidation sites excluding steroid dienone is 1. The number of hydrogen-bond donors (Lipinski definition) is 3. The highest BCUT2D eigenvalue weighted by Crippen LogP contribution is 2.39. The van der Waals surface area contributed by atoms with Crippen LogP contribution < -0.4 is 16.8 Å². The number of aryl methyl sites for hydroxylation is 1. The molecule has 2 amide bonds. The molecule has 5 rings (SSSR count). The standard InChI is InChI=1S/C20H21N.C8H8N2O2/c1-2-21-20-9-5-8-16-18-11-10-14-6-3-4-7-15(14)17(18)12-13-19(16)20;9-7(11)5-3-1-2-4-6(5)8(10)12/h3-4,6-7,9,12-13,21H,2,5,8,10-11H2,1H3;1-4H,(H2,9,11)(H2,10,12). The largest absolute Gasteiger partial charge is 0.385 e. The van der Waals surface area contributed by atoms with Crippen LogP contribution in [0.5, 0.6) is 0 Å². The fourth-order valence-electron chi connectivity index (χ4n) is 4.77. The second-order valence-electron chi connectivity index (χ2n) is 8.24. The van der Waals surface area contributed by atoms with Crippen LogP contribution in [0.25, 0.3) is 16.8 Å². The van der Waals surface area contributed by atoms with Gasteiger partial charge in [-0.15, -0.1) is 0 Å². The minimum atomic E-state index is -0.649. The summed E-state index contributed by atoms with van der Waals surface area (Å²) in [6.45, 7) is 3.16. The monoisotopic (exact) mass is 439 g/mol. The maximum absolute atomic E-state index is 10.7. The van der Waals surface area contributed by atoms with Gasteiger partial charge >= 0.3 is 0 Å². The summed E-state index contributed by atoms with van der Waals surface area (Å²) in [5.74, 6) is -1.30. The maximum atomic E-state index is 10.7. The third-order valence-electron chi connectivity index (χ3n) is 6.24. The lowest BCUT2D eigenvalue weighted by molar-refractivity contribution is 0.0967. The summed E-state index contributed by atoms with van der Waals surface area (Å²) in [5, 5.41) is 3.53. The van der Waals surface area contributed by atoms with Crippen LogP contribution in [0.3, 0.4) is 0 Å². The second kappa shape index (κ2) is 9.74. The molecule has 0 aromatic heterocycles. The zero-order valence-electron chi connectivity index (χ0n) is 18.9. The molecule has 0 bridgehead atoms. The van der Waals surface area contributed by atoms with Crippen LogP contribution >= 0.6 is 0 Å². The number of nitrogens with one attached hydrogen (secondary N) is 1. The van der Waals surface area contributed by atoms with Gasteiger partial charge < -0.3 is 16.8 Å². The first-order valence-electron chi connectivity index (χ1n) is 11.4. The Morgan fingerprint density at radius 1 is 0.758 bits per heavy atom. The van der Waals surface area contributed by atoms with E-state index in [1.165, 1.54) is 59.3 Å². The molecule has 5 N–H and O–H groups in total. The van der Waals surface area contributed by atoms with E-state index >= 15 is 0 Å². The molecule has 3 aromatic carbocycles. The second-order valence-corrected chi connectivity index (χ2v) is 8.24. The third-order valence-corrected chi connectivity index (χ3v) is 6.24. The van der Waals surface area contributed by atoms with E-state index in [9.17, 15) is 9.59 Å². The molecule has 168 valence electrons. The van der Waals surface area contributed by atoms with Gasteiger partial charge in [-0.2, -0.15) is 0 Å². The van der Waals surface area contributed by atoms with Crippen LogP contribution in [0.15, 0.2) is 66.7 Å². The molecule has 0 unspecified atom stereocenters. The van der Waals surface area contributed by atoms with Gasteiger partial charge in [-0.1, -0.05) is 54.6 Å². The Bertz CT molecular complexity index is 1210. The summed E-state index contributed by atoms with van der Waals surface area (Å²) >= 11 is 0. The molecule has 2 aliphatic carbocycles. The molecule has 33 heavy (non-hydrogen) atoms. The predicted molar refractivity (Wildman–Crippen MR) is 133 cm³/mol. The highest BCUT2D eigenvalue weighted by molar-refractivity contribution is 6.06. The minimum absolute atomic E-state index is 0.157. The van der Waals surface area contributed by atoms with E-state index < -0.39 is 11.8 Å². The van der Waals surface area contributed by atoms with Gasteiger partial charge in [-0.25, -0.2) is 0 Å². The zero-order chi connectivity index (χ0) is 23.4. The van der Waals surface area contributed by atoms with Crippen LogP contribution in [0.2, 0.25) is 0 Å². The number of fused-ring (bicyclic) bond motifs is 5. The lowest BCUT2D eigenvalue weighted by Gasteiger charge is -2.27. The molecule has 0 aliphatic heterocycles. The van der Waals surface area contributed by atoms with Gasteiger partial charge in [-0.05, 0) is 72.6 Å². The van der Waals surface area contributed by atoms with Gasteiger partial charge in [-0.3, -0.25) is 9.59 Å². The molecular weight excluding hydrogens is 410 g/mol. The quantitative estimate of drug-likeness (QED) is 0.567. The predicted octanol–water partition coefficient (Wildman–Crippen LogP) is 4.23. The van der Waals surface area contributed by atoms with Crippen molar-refractivity contribution in [2.75, 3.05) is 6.54 Å². The van der Waals surface area contributed by atoms with E-state index in [0.29, 0.717) is 0 Å². The molecule has 0 saturated heterocycles. The molecule has 3 aromatic rings. The number of carbonyl (C=O) groups excluding carboxylic acids is 2. The van der Waals surface area contributed by atoms with Crippen LogP contribution in [-0.2, 0) is 19.3 Å². The van der Waals surface area contributed by atoms with Gasteiger partial charge in [0.05, 0.1) is 11.1 Å². The molecule has 0 atom stereocenters. The molecule has 5 nitrogen and oxygen atoms in total. The topological polar surface area (TPSA) is 98.2 Å². The van der Waals surface area contributed by atoms with Gasteiger partial charge in [0, 0.05) is 17.8 Å². The van der Waals surface area contributed by atoms with E-state index in [1.54, 1.807) is 23.3 Å². The molecule has 0 radical (unpaired) electrons. The fraction of sp³-hybridized carbons (Fsp3) is 0.214. The van der Waals surface area contributed by atoms with Gasteiger partial charge in [0.25, 0.3) is 0 Å². The Hall–Kier alpha value is -3.86. The summed E-state index contributed by atoms with van der Waals surface area (Å²) in [5.41, 5.74) is 20.7.